The normalized spacial score (nSPS) is 44.0. The molecule has 1 heterocycles. The average molecular weight is 232 g/mol. The Balaban J connectivity index is 1.94. The fraction of sp³-hybridized carbons (Fsp3) is 1.00. The summed E-state index contributed by atoms with van der Waals surface area (Å²) in [5.41, 5.74) is 0. The second kappa shape index (κ2) is 3.67. The van der Waals surface area contributed by atoms with Crippen LogP contribution in [0.25, 0.3) is 0 Å². The smallest absolute Gasteiger partial charge is 0.0148 e. The zero-order chi connectivity index (χ0) is 8.55. The minimum Gasteiger partial charge on any atom is -0.306 e. The van der Waals surface area contributed by atoms with Gasteiger partial charge in [-0.25, -0.2) is 0 Å². The third-order valence-corrected chi connectivity index (χ3v) is 4.34. The quantitative estimate of drug-likeness (QED) is 0.580. The average Bonchev–Trinajstić information content (AvgIpc) is 2.05. The lowest BCUT2D eigenvalue weighted by Gasteiger charge is -2.41. The molecule has 0 aromatic rings. The highest BCUT2D eigenvalue weighted by Crippen LogP contribution is 2.38. The summed E-state index contributed by atoms with van der Waals surface area (Å²) in [5.74, 6) is 2.04. The van der Waals surface area contributed by atoms with Gasteiger partial charge >= 0.3 is 0 Å². The van der Waals surface area contributed by atoms with Crippen molar-refractivity contribution in [2.24, 2.45) is 11.8 Å². The van der Waals surface area contributed by atoms with Crippen LogP contribution in [0.15, 0.2) is 0 Å². The molecule has 1 unspecified atom stereocenters. The Morgan fingerprint density at radius 3 is 2.83 bits per heavy atom. The molecule has 1 saturated carbocycles. The summed E-state index contributed by atoms with van der Waals surface area (Å²) < 4.78 is 0. The van der Waals surface area contributed by atoms with Crippen molar-refractivity contribution in [2.75, 3.05) is 20.1 Å². The van der Waals surface area contributed by atoms with Gasteiger partial charge in [-0.05, 0) is 51.1 Å². The zero-order valence-electron chi connectivity index (χ0n) is 7.80. The van der Waals surface area contributed by atoms with Gasteiger partial charge in [0.15, 0.2) is 0 Å². The third kappa shape index (κ3) is 1.85. The predicted molar refractivity (Wildman–Crippen MR) is 55.7 cm³/mol. The number of halogens is 1. The highest BCUT2D eigenvalue weighted by atomic mass is 79.9. The van der Waals surface area contributed by atoms with Crippen molar-refractivity contribution >= 4 is 15.9 Å². The zero-order valence-corrected chi connectivity index (χ0v) is 9.39. The van der Waals surface area contributed by atoms with Gasteiger partial charge in [0.25, 0.3) is 0 Å². The third-order valence-electron chi connectivity index (χ3n) is 3.50. The summed E-state index contributed by atoms with van der Waals surface area (Å²) in [6, 6.07) is 0. The van der Waals surface area contributed by atoms with Crippen LogP contribution in [0.1, 0.15) is 25.7 Å². The molecule has 0 aromatic carbocycles. The molecule has 1 aliphatic heterocycles. The molecule has 0 N–H and O–H groups in total. The number of rotatable bonds is 0. The van der Waals surface area contributed by atoms with Gasteiger partial charge in [0.2, 0.25) is 0 Å². The van der Waals surface area contributed by atoms with Gasteiger partial charge in [0.05, 0.1) is 0 Å². The van der Waals surface area contributed by atoms with Crippen LogP contribution in [0.5, 0.6) is 0 Å². The molecule has 2 rings (SSSR count). The Hall–Kier alpha value is 0.440. The molecule has 2 fully saturated rings. The number of piperidine rings is 1. The number of hydrogen-bond acceptors (Lipinski definition) is 1. The standard InChI is InChI=1S/C10H18BrN/c1-12-5-4-8-6-10(11)3-2-9(8)7-12/h8-10H,2-7H2,1H3/t8-,9?,10-/m0/s1. The first-order valence-electron chi connectivity index (χ1n) is 5.08. The van der Waals surface area contributed by atoms with Crippen LogP contribution < -0.4 is 0 Å². The summed E-state index contributed by atoms with van der Waals surface area (Å²) in [4.78, 5) is 3.32. The monoisotopic (exact) mass is 231 g/mol. The summed E-state index contributed by atoms with van der Waals surface area (Å²) in [7, 11) is 2.26. The number of fused-ring (bicyclic) bond motifs is 1. The minimum atomic E-state index is 0.821. The number of nitrogens with zero attached hydrogens (tertiary/aromatic N) is 1. The fourth-order valence-corrected chi connectivity index (χ4v) is 3.49. The molecule has 2 aliphatic rings. The number of alkyl halides is 1. The van der Waals surface area contributed by atoms with Crippen molar-refractivity contribution in [3.05, 3.63) is 0 Å². The summed E-state index contributed by atoms with van der Waals surface area (Å²) in [6.07, 6.45) is 5.71. The van der Waals surface area contributed by atoms with Gasteiger partial charge in [-0.2, -0.15) is 0 Å². The highest BCUT2D eigenvalue weighted by molar-refractivity contribution is 9.09. The van der Waals surface area contributed by atoms with E-state index in [9.17, 15) is 0 Å². The van der Waals surface area contributed by atoms with Crippen LogP contribution in [-0.2, 0) is 0 Å². The molecule has 1 nitrogen and oxygen atoms in total. The van der Waals surface area contributed by atoms with E-state index in [2.05, 4.69) is 27.9 Å². The van der Waals surface area contributed by atoms with E-state index in [1.165, 1.54) is 38.8 Å². The van der Waals surface area contributed by atoms with E-state index < -0.39 is 0 Å². The van der Waals surface area contributed by atoms with Crippen molar-refractivity contribution in [1.29, 1.82) is 0 Å². The SMILES string of the molecule is CN1CC[C@H]2C[C@@H](Br)CCC2C1. The predicted octanol–water partition coefficient (Wildman–Crippen LogP) is 2.50. The largest absolute Gasteiger partial charge is 0.306 e. The number of likely N-dealkylation sites (tertiary alicyclic amines) is 1. The van der Waals surface area contributed by atoms with E-state index in [4.69, 9.17) is 0 Å². The maximum Gasteiger partial charge on any atom is 0.0148 e. The van der Waals surface area contributed by atoms with E-state index >= 15 is 0 Å². The number of hydrogen-bond donors (Lipinski definition) is 0. The molecular formula is C10H18BrN. The molecule has 3 atom stereocenters. The topological polar surface area (TPSA) is 3.24 Å². The first-order chi connectivity index (χ1) is 5.75. The summed E-state index contributed by atoms with van der Waals surface area (Å²) in [6.45, 7) is 2.67. The van der Waals surface area contributed by atoms with Gasteiger partial charge in [-0.3, -0.25) is 0 Å². The van der Waals surface area contributed by atoms with Crippen molar-refractivity contribution < 1.29 is 0 Å². The lowest BCUT2D eigenvalue weighted by Crippen LogP contribution is -2.41. The molecule has 70 valence electrons. The van der Waals surface area contributed by atoms with Gasteiger partial charge in [0.1, 0.15) is 0 Å². The molecule has 0 amide bonds. The van der Waals surface area contributed by atoms with E-state index in [0.29, 0.717) is 0 Å². The van der Waals surface area contributed by atoms with E-state index in [1.54, 1.807) is 0 Å². The second-order valence-electron chi connectivity index (χ2n) is 4.48. The molecule has 1 saturated heterocycles. The van der Waals surface area contributed by atoms with E-state index in [1.807, 2.05) is 0 Å². The Morgan fingerprint density at radius 1 is 1.17 bits per heavy atom. The van der Waals surface area contributed by atoms with E-state index in [0.717, 1.165) is 16.7 Å². The minimum absolute atomic E-state index is 0.821. The van der Waals surface area contributed by atoms with Crippen LogP contribution in [0.2, 0.25) is 0 Å². The fourth-order valence-electron chi connectivity index (χ4n) is 2.74. The second-order valence-corrected chi connectivity index (χ2v) is 5.78. The first-order valence-corrected chi connectivity index (χ1v) is 6.00. The van der Waals surface area contributed by atoms with E-state index in [-0.39, 0.29) is 0 Å². The Kier molecular flexibility index (Phi) is 2.75. The molecular weight excluding hydrogens is 214 g/mol. The van der Waals surface area contributed by atoms with Gasteiger partial charge < -0.3 is 4.90 Å². The van der Waals surface area contributed by atoms with Gasteiger partial charge in [-0.1, -0.05) is 15.9 Å². The molecule has 2 heteroatoms. The maximum absolute atomic E-state index is 3.75. The molecule has 0 bridgehead atoms. The maximum atomic E-state index is 3.75. The molecule has 0 aromatic heterocycles. The lowest BCUT2D eigenvalue weighted by atomic mass is 9.75. The van der Waals surface area contributed by atoms with Crippen molar-refractivity contribution in [1.82, 2.24) is 4.90 Å². The molecule has 1 aliphatic carbocycles. The molecule has 12 heavy (non-hydrogen) atoms. The first kappa shape index (κ1) is 9.01. The van der Waals surface area contributed by atoms with Gasteiger partial charge in [-0.15, -0.1) is 0 Å². The summed E-state index contributed by atoms with van der Waals surface area (Å²) >= 11 is 3.75. The van der Waals surface area contributed by atoms with Gasteiger partial charge in [0, 0.05) is 11.4 Å². The van der Waals surface area contributed by atoms with Crippen molar-refractivity contribution in [2.45, 2.75) is 30.5 Å². The Bertz CT molecular complexity index is 142. The Labute approximate surface area is 83.6 Å². The van der Waals surface area contributed by atoms with Crippen LogP contribution >= 0.6 is 15.9 Å². The molecule has 0 radical (unpaired) electrons. The highest BCUT2D eigenvalue weighted by Gasteiger charge is 2.32. The van der Waals surface area contributed by atoms with Crippen molar-refractivity contribution in [3.63, 3.8) is 0 Å². The molecule has 0 spiro atoms. The van der Waals surface area contributed by atoms with Crippen LogP contribution in [0.4, 0.5) is 0 Å². The Morgan fingerprint density at radius 2 is 2.00 bits per heavy atom. The lowest BCUT2D eigenvalue weighted by molar-refractivity contribution is 0.108. The van der Waals surface area contributed by atoms with Crippen LogP contribution in [-0.4, -0.2) is 29.9 Å². The van der Waals surface area contributed by atoms with Crippen molar-refractivity contribution in [3.8, 4) is 0 Å². The van der Waals surface area contributed by atoms with Crippen LogP contribution in [0.3, 0.4) is 0 Å². The van der Waals surface area contributed by atoms with Crippen LogP contribution in [0, 0.1) is 11.8 Å². The summed E-state index contributed by atoms with van der Waals surface area (Å²) in [5, 5.41) is 0.